The van der Waals surface area contributed by atoms with Crippen molar-refractivity contribution in [1.29, 1.82) is 0 Å². The zero-order chi connectivity index (χ0) is 19.8. The summed E-state index contributed by atoms with van der Waals surface area (Å²) in [7, 11) is 0. The van der Waals surface area contributed by atoms with E-state index in [0.717, 1.165) is 52.9 Å². The van der Waals surface area contributed by atoms with Crippen molar-refractivity contribution >= 4 is 16.4 Å². The summed E-state index contributed by atoms with van der Waals surface area (Å²) in [6, 6.07) is 5.84. The van der Waals surface area contributed by atoms with Gasteiger partial charge in [0.15, 0.2) is 5.82 Å². The number of hydrogen-bond donors (Lipinski definition) is 1. The van der Waals surface area contributed by atoms with E-state index in [9.17, 15) is 4.39 Å². The van der Waals surface area contributed by atoms with E-state index >= 15 is 0 Å². The van der Waals surface area contributed by atoms with Crippen LogP contribution < -0.4 is 5.32 Å². The highest BCUT2D eigenvalue weighted by molar-refractivity contribution is 5.84. The molecule has 2 fully saturated rings. The summed E-state index contributed by atoms with van der Waals surface area (Å²) in [5, 5.41) is 13.7. The van der Waals surface area contributed by atoms with E-state index in [-0.39, 0.29) is 5.82 Å². The topological polar surface area (TPSA) is 60.0 Å². The number of nitrogens with zero attached hydrogens (tertiary/aromatic N) is 5. The molecular formula is C22H23FN6. The first-order valence-electron chi connectivity index (χ1n) is 10.3. The average Bonchev–Trinajstić information content (AvgIpc) is 3.12. The van der Waals surface area contributed by atoms with Gasteiger partial charge < -0.3 is 5.32 Å². The molecule has 1 saturated carbocycles. The molecule has 4 aromatic rings. The summed E-state index contributed by atoms with van der Waals surface area (Å²) in [4.78, 5) is 4.49. The average molecular weight is 390 g/mol. The number of halogens is 1. The molecule has 1 saturated heterocycles. The number of hydrogen-bond acceptors (Lipinski definition) is 4. The molecule has 1 atom stereocenters. The highest BCUT2D eigenvalue weighted by Gasteiger charge is 2.46. The number of fused-ring (bicyclic) bond motifs is 2. The third-order valence-corrected chi connectivity index (χ3v) is 6.47. The molecule has 29 heavy (non-hydrogen) atoms. The summed E-state index contributed by atoms with van der Waals surface area (Å²) in [5.74, 6) is -0.297. The van der Waals surface area contributed by atoms with Crippen LogP contribution >= 0.6 is 0 Å². The van der Waals surface area contributed by atoms with Gasteiger partial charge in [0.2, 0.25) is 0 Å². The maximum absolute atomic E-state index is 14.9. The number of rotatable bonds is 2. The largest absolute Gasteiger partial charge is 0.311 e. The van der Waals surface area contributed by atoms with Crippen LogP contribution in [0, 0.1) is 19.7 Å². The van der Waals surface area contributed by atoms with Crippen LogP contribution in [0.3, 0.4) is 0 Å². The molecule has 2 aliphatic rings. The van der Waals surface area contributed by atoms with E-state index in [2.05, 4.69) is 20.5 Å². The number of piperidine rings is 1. The van der Waals surface area contributed by atoms with Crippen LogP contribution in [0.2, 0.25) is 0 Å². The molecule has 1 aromatic carbocycles. The Balaban J connectivity index is 1.42. The second kappa shape index (κ2) is 5.86. The van der Waals surface area contributed by atoms with E-state index < -0.39 is 0 Å². The van der Waals surface area contributed by atoms with Crippen molar-refractivity contribution < 1.29 is 4.39 Å². The fourth-order valence-corrected chi connectivity index (χ4v) is 4.76. The molecule has 148 valence electrons. The third-order valence-electron chi connectivity index (χ3n) is 6.47. The monoisotopic (exact) mass is 390 g/mol. The SMILES string of the molecule is Cc1cn2nc(-c3cc(F)c4nn([C@H]5CCNC6(CC6)C5)cc4c3)cc2c(C)n1. The van der Waals surface area contributed by atoms with Crippen LogP contribution in [-0.2, 0) is 0 Å². The van der Waals surface area contributed by atoms with Crippen molar-refractivity contribution in [1.82, 2.24) is 29.7 Å². The van der Waals surface area contributed by atoms with E-state index in [0.29, 0.717) is 17.1 Å². The summed E-state index contributed by atoms with van der Waals surface area (Å²) >= 11 is 0. The van der Waals surface area contributed by atoms with E-state index in [1.807, 2.05) is 47.6 Å². The standard InChI is InChI=1S/C22H23FN6/c1-13-11-29-20(14(2)25-13)9-19(26-29)15-7-16-12-28(27-21(16)18(23)8-15)17-3-6-24-22(10-17)4-5-22/h7-9,11-12,17,24H,3-6,10H2,1-2H3/t17-/m0/s1. The summed E-state index contributed by atoms with van der Waals surface area (Å²) in [5.41, 5.74) is 5.01. The first-order valence-corrected chi connectivity index (χ1v) is 10.3. The highest BCUT2D eigenvalue weighted by atomic mass is 19.1. The Morgan fingerprint density at radius 3 is 2.83 bits per heavy atom. The van der Waals surface area contributed by atoms with Crippen molar-refractivity contribution in [2.75, 3.05) is 6.54 Å². The predicted molar refractivity (Wildman–Crippen MR) is 109 cm³/mol. The van der Waals surface area contributed by atoms with Gasteiger partial charge >= 0.3 is 0 Å². The van der Waals surface area contributed by atoms with Crippen molar-refractivity contribution in [3.63, 3.8) is 0 Å². The van der Waals surface area contributed by atoms with Gasteiger partial charge in [0.05, 0.1) is 34.8 Å². The Hall–Kier alpha value is -2.80. The van der Waals surface area contributed by atoms with Gasteiger partial charge in [-0.1, -0.05) is 0 Å². The van der Waals surface area contributed by atoms with Gasteiger partial charge in [-0.15, -0.1) is 0 Å². The highest BCUT2D eigenvalue weighted by Crippen LogP contribution is 2.45. The van der Waals surface area contributed by atoms with Crippen molar-refractivity contribution in [3.8, 4) is 11.3 Å². The minimum absolute atomic E-state index is 0.297. The molecule has 4 heterocycles. The molecule has 0 radical (unpaired) electrons. The maximum atomic E-state index is 14.9. The second-order valence-electron chi connectivity index (χ2n) is 8.69. The molecule has 0 amide bonds. The lowest BCUT2D eigenvalue weighted by Gasteiger charge is -2.30. The molecule has 6 rings (SSSR count). The van der Waals surface area contributed by atoms with Crippen LogP contribution in [0.4, 0.5) is 4.39 Å². The van der Waals surface area contributed by atoms with E-state index in [1.54, 1.807) is 6.07 Å². The number of aromatic nitrogens is 5. The number of nitrogens with one attached hydrogen (secondary N) is 1. The number of aryl methyl sites for hydroxylation is 2. The summed E-state index contributed by atoms with van der Waals surface area (Å²) in [6.45, 7) is 4.91. The molecule has 1 N–H and O–H groups in total. The fraction of sp³-hybridized carbons (Fsp3) is 0.409. The smallest absolute Gasteiger partial charge is 0.151 e. The Bertz CT molecular complexity index is 1270. The first-order chi connectivity index (χ1) is 14.0. The minimum Gasteiger partial charge on any atom is -0.311 e. The molecular weight excluding hydrogens is 367 g/mol. The quantitative estimate of drug-likeness (QED) is 0.563. The van der Waals surface area contributed by atoms with Crippen LogP contribution in [0.25, 0.3) is 27.7 Å². The van der Waals surface area contributed by atoms with Gasteiger partial charge in [-0.05, 0) is 64.3 Å². The van der Waals surface area contributed by atoms with Gasteiger partial charge in [0.1, 0.15) is 5.52 Å². The predicted octanol–water partition coefficient (Wildman–Crippen LogP) is 3.96. The molecule has 7 heteroatoms. The molecule has 1 aliphatic heterocycles. The zero-order valence-electron chi connectivity index (χ0n) is 16.6. The normalized spacial score (nSPS) is 20.7. The molecule has 0 unspecified atom stereocenters. The Morgan fingerprint density at radius 2 is 2.00 bits per heavy atom. The molecule has 6 nitrogen and oxygen atoms in total. The van der Waals surface area contributed by atoms with Crippen LogP contribution in [0.5, 0.6) is 0 Å². The lowest BCUT2D eigenvalue weighted by atomic mass is 9.98. The van der Waals surface area contributed by atoms with Crippen molar-refractivity contribution in [2.24, 2.45) is 0 Å². The zero-order valence-corrected chi connectivity index (χ0v) is 16.6. The van der Waals surface area contributed by atoms with Gasteiger partial charge in [-0.3, -0.25) is 9.67 Å². The lowest BCUT2D eigenvalue weighted by molar-refractivity contribution is 0.271. The molecule has 0 bridgehead atoms. The summed E-state index contributed by atoms with van der Waals surface area (Å²) in [6.07, 6.45) is 8.48. The van der Waals surface area contributed by atoms with Crippen molar-refractivity contribution in [2.45, 2.75) is 51.1 Å². The number of benzene rings is 1. The molecule has 1 aliphatic carbocycles. The van der Waals surface area contributed by atoms with Crippen LogP contribution in [0.1, 0.15) is 43.1 Å². The van der Waals surface area contributed by atoms with Gasteiger partial charge in [-0.25, -0.2) is 8.91 Å². The molecule has 3 aromatic heterocycles. The Morgan fingerprint density at radius 1 is 1.14 bits per heavy atom. The second-order valence-corrected chi connectivity index (χ2v) is 8.69. The van der Waals surface area contributed by atoms with Gasteiger partial charge in [0, 0.05) is 22.7 Å². The Labute approximate surface area is 167 Å². The summed E-state index contributed by atoms with van der Waals surface area (Å²) < 4.78 is 18.7. The first kappa shape index (κ1) is 17.1. The lowest BCUT2D eigenvalue weighted by Crippen LogP contribution is -2.40. The minimum atomic E-state index is -0.297. The fourth-order valence-electron chi connectivity index (χ4n) is 4.76. The Kier molecular flexibility index (Phi) is 3.45. The van der Waals surface area contributed by atoms with Gasteiger partial charge in [0.25, 0.3) is 0 Å². The third kappa shape index (κ3) is 2.75. The van der Waals surface area contributed by atoms with E-state index in [1.165, 1.54) is 12.8 Å². The molecule has 1 spiro atoms. The van der Waals surface area contributed by atoms with Gasteiger partial charge in [-0.2, -0.15) is 10.2 Å². The van der Waals surface area contributed by atoms with Crippen LogP contribution in [0.15, 0.2) is 30.6 Å². The maximum Gasteiger partial charge on any atom is 0.151 e. The van der Waals surface area contributed by atoms with Crippen LogP contribution in [-0.4, -0.2) is 36.5 Å². The van der Waals surface area contributed by atoms with E-state index in [4.69, 9.17) is 0 Å². The van der Waals surface area contributed by atoms with Crippen molar-refractivity contribution in [3.05, 3.63) is 47.8 Å².